The molecule has 0 saturated carbocycles. The summed E-state index contributed by atoms with van der Waals surface area (Å²) in [5.41, 5.74) is 0.833. The molecule has 3 rings (SSSR count). The summed E-state index contributed by atoms with van der Waals surface area (Å²) in [6.07, 6.45) is -0.258. The van der Waals surface area contributed by atoms with Crippen molar-refractivity contribution in [2.45, 2.75) is 45.5 Å². The molecule has 0 bridgehead atoms. The molecule has 0 atom stereocenters. The van der Waals surface area contributed by atoms with E-state index in [4.69, 9.17) is 0 Å². The minimum absolute atomic E-state index is 0.0673. The molecule has 2 heterocycles. The summed E-state index contributed by atoms with van der Waals surface area (Å²) in [7, 11) is 0. The first-order valence-corrected chi connectivity index (χ1v) is 10.8. The van der Waals surface area contributed by atoms with Gasteiger partial charge >= 0.3 is 6.18 Å². The third-order valence-electron chi connectivity index (χ3n) is 4.92. The highest BCUT2D eigenvalue weighted by atomic mass is 32.1. The van der Waals surface area contributed by atoms with Crippen LogP contribution >= 0.6 is 11.3 Å². The largest absolute Gasteiger partial charge is 0.416 e. The van der Waals surface area contributed by atoms with Crippen LogP contribution in [0.15, 0.2) is 60.1 Å². The second kappa shape index (κ2) is 9.98. The van der Waals surface area contributed by atoms with Gasteiger partial charge in [0.15, 0.2) is 0 Å². The van der Waals surface area contributed by atoms with E-state index in [1.165, 1.54) is 12.1 Å². The predicted octanol–water partition coefficient (Wildman–Crippen LogP) is 5.99. The third kappa shape index (κ3) is 5.98. The zero-order valence-electron chi connectivity index (χ0n) is 16.9. The van der Waals surface area contributed by atoms with Crippen molar-refractivity contribution in [2.24, 2.45) is 0 Å². The summed E-state index contributed by atoms with van der Waals surface area (Å²) in [5, 5.41) is 1.96. The van der Waals surface area contributed by atoms with E-state index in [9.17, 15) is 18.0 Å². The predicted molar refractivity (Wildman–Crippen MR) is 113 cm³/mol. The standard InChI is InChI=1S/C23H25F3N2OS/c1-2-3-11-28(22(29)15-21-10-6-13-30-21)17-20-9-5-12-27(20)16-18-7-4-8-19(14-18)23(24,25)26/h4-10,12-14H,2-3,11,15-17H2,1H3. The van der Waals surface area contributed by atoms with E-state index in [1.54, 1.807) is 17.4 Å². The van der Waals surface area contributed by atoms with Crippen LogP contribution in [0.4, 0.5) is 13.2 Å². The fourth-order valence-electron chi connectivity index (χ4n) is 3.30. The van der Waals surface area contributed by atoms with Crippen LogP contribution in [-0.4, -0.2) is 21.9 Å². The fourth-order valence-corrected chi connectivity index (χ4v) is 4.00. The van der Waals surface area contributed by atoms with Gasteiger partial charge in [-0.25, -0.2) is 0 Å². The molecular weight excluding hydrogens is 409 g/mol. The van der Waals surface area contributed by atoms with Gasteiger partial charge in [-0.2, -0.15) is 13.2 Å². The second-order valence-electron chi connectivity index (χ2n) is 7.25. The molecule has 160 valence electrons. The van der Waals surface area contributed by atoms with Crippen LogP contribution in [0, 0.1) is 0 Å². The van der Waals surface area contributed by atoms with Crippen molar-refractivity contribution in [3.05, 3.63) is 81.8 Å². The Labute approximate surface area is 178 Å². The van der Waals surface area contributed by atoms with Crippen LogP contribution in [0.5, 0.6) is 0 Å². The maximum atomic E-state index is 13.0. The van der Waals surface area contributed by atoms with Crippen LogP contribution in [0.2, 0.25) is 0 Å². The highest BCUT2D eigenvalue weighted by molar-refractivity contribution is 7.10. The quantitative estimate of drug-likeness (QED) is 0.406. The number of benzene rings is 1. The first-order valence-electron chi connectivity index (χ1n) is 9.97. The van der Waals surface area contributed by atoms with Crippen molar-refractivity contribution in [1.29, 1.82) is 0 Å². The van der Waals surface area contributed by atoms with Gasteiger partial charge in [0, 0.05) is 29.9 Å². The number of carbonyl (C=O) groups is 1. The molecule has 3 aromatic rings. The van der Waals surface area contributed by atoms with E-state index in [2.05, 4.69) is 6.92 Å². The number of aromatic nitrogens is 1. The number of rotatable bonds is 9. The molecular formula is C23H25F3N2OS. The van der Waals surface area contributed by atoms with Crippen molar-refractivity contribution < 1.29 is 18.0 Å². The number of amides is 1. The summed E-state index contributed by atoms with van der Waals surface area (Å²) >= 11 is 1.56. The second-order valence-corrected chi connectivity index (χ2v) is 8.28. The molecule has 1 amide bonds. The fraction of sp³-hybridized carbons (Fsp3) is 0.348. The molecule has 2 aromatic heterocycles. The molecule has 7 heteroatoms. The maximum absolute atomic E-state index is 13.0. The van der Waals surface area contributed by atoms with Gasteiger partial charge in [0.2, 0.25) is 5.91 Å². The van der Waals surface area contributed by atoms with Gasteiger partial charge in [-0.05, 0) is 47.7 Å². The van der Waals surface area contributed by atoms with Crippen molar-refractivity contribution in [1.82, 2.24) is 9.47 Å². The lowest BCUT2D eigenvalue weighted by atomic mass is 10.1. The van der Waals surface area contributed by atoms with Crippen molar-refractivity contribution in [2.75, 3.05) is 6.54 Å². The number of nitrogens with zero attached hydrogens (tertiary/aromatic N) is 2. The van der Waals surface area contributed by atoms with Crippen LogP contribution in [0.3, 0.4) is 0 Å². The zero-order chi connectivity index (χ0) is 21.6. The Morgan fingerprint density at radius 2 is 1.97 bits per heavy atom. The van der Waals surface area contributed by atoms with Gasteiger partial charge in [0.1, 0.15) is 0 Å². The highest BCUT2D eigenvalue weighted by Gasteiger charge is 2.30. The lowest BCUT2D eigenvalue weighted by molar-refractivity contribution is -0.137. The third-order valence-corrected chi connectivity index (χ3v) is 5.80. The molecule has 0 fully saturated rings. The molecule has 3 nitrogen and oxygen atoms in total. The van der Waals surface area contributed by atoms with Gasteiger partial charge in [-0.15, -0.1) is 11.3 Å². The molecule has 0 aliphatic heterocycles. The first-order chi connectivity index (χ1) is 14.4. The van der Waals surface area contributed by atoms with E-state index in [0.29, 0.717) is 31.6 Å². The zero-order valence-corrected chi connectivity index (χ0v) is 17.7. The molecule has 0 saturated heterocycles. The molecule has 30 heavy (non-hydrogen) atoms. The number of halogens is 3. The molecule has 0 aliphatic rings. The van der Waals surface area contributed by atoms with E-state index >= 15 is 0 Å². The van der Waals surface area contributed by atoms with Crippen LogP contribution in [-0.2, 0) is 30.5 Å². The summed E-state index contributed by atoms with van der Waals surface area (Å²) in [6.45, 7) is 3.51. The highest BCUT2D eigenvalue weighted by Crippen LogP contribution is 2.29. The molecule has 0 unspecified atom stereocenters. The Balaban J connectivity index is 1.74. The van der Waals surface area contributed by atoms with Gasteiger partial charge in [-0.1, -0.05) is 31.5 Å². The van der Waals surface area contributed by atoms with Crippen molar-refractivity contribution in [3.63, 3.8) is 0 Å². The summed E-state index contributed by atoms with van der Waals surface area (Å²) < 4.78 is 40.9. The number of thiophene rings is 1. The molecule has 1 aromatic carbocycles. The lowest BCUT2D eigenvalue weighted by Crippen LogP contribution is -2.33. The van der Waals surface area contributed by atoms with Crippen LogP contribution < -0.4 is 0 Å². The molecule has 0 radical (unpaired) electrons. The first kappa shape index (κ1) is 22.2. The van der Waals surface area contributed by atoms with Crippen LogP contribution in [0.1, 0.15) is 41.5 Å². The number of unbranched alkanes of at least 4 members (excludes halogenated alkanes) is 1. The van der Waals surface area contributed by atoms with Gasteiger partial charge in [0.05, 0.1) is 18.5 Å². The monoisotopic (exact) mass is 434 g/mol. The van der Waals surface area contributed by atoms with Crippen molar-refractivity contribution >= 4 is 17.2 Å². The smallest absolute Gasteiger partial charge is 0.345 e. The number of alkyl halides is 3. The summed E-state index contributed by atoms with van der Waals surface area (Å²) in [5.74, 6) is 0.0673. The Morgan fingerprint density at radius 3 is 2.67 bits per heavy atom. The average Bonchev–Trinajstić information content (AvgIpc) is 3.37. The Hall–Kier alpha value is -2.54. The van der Waals surface area contributed by atoms with E-state index in [-0.39, 0.29) is 5.91 Å². The normalized spacial score (nSPS) is 11.6. The average molecular weight is 435 g/mol. The van der Waals surface area contributed by atoms with E-state index in [0.717, 1.165) is 29.5 Å². The topological polar surface area (TPSA) is 25.2 Å². The van der Waals surface area contributed by atoms with Crippen LogP contribution in [0.25, 0.3) is 0 Å². The van der Waals surface area contributed by atoms with E-state index in [1.807, 2.05) is 45.3 Å². The van der Waals surface area contributed by atoms with Crippen molar-refractivity contribution in [3.8, 4) is 0 Å². The number of carbonyl (C=O) groups excluding carboxylic acids is 1. The minimum atomic E-state index is -4.36. The Morgan fingerprint density at radius 1 is 1.13 bits per heavy atom. The maximum Gasteiger partial charge on any atom is 0.416 e. The Kier molecular flexibility index (Phi) is 7.37. The summed E-state index contributed by atoms with van der Waals surface area (Å²) in [4.78, 5) is 15.7. The SMILES string of the molecule is CCCCN(Cc1cccn1Cc1cccc(C(F)(F)F)c1)C(=O)Cc1cccs1. The van der Waals surface area contributed by atoms with Gasteiger partial charge < -0.3 is 9.47 Å². The van der Waals surface area contributed by atoms with Gasteiger partial charge in [0.25, 0.3) is 0 Å². The lowest BCUT2D eigenvalue weighted by Gasteiger charge is -2.23. The molecule has 0 spiro atoms. The summed E-state index contributed by atoms with van der Waals surface area (Å²) in [6, 6.07) is 13.1. The van der Waals surface area contributed by atoms with E-state index < -0.39 is 11.7 Å². The Bertz CT molecular complexity index is 948. The number of hydrogen-bond acceptors (Lipinski definition) is 2. The minimum Gasteiger partial charge on any atom is -0.345 e. The van der Waals surface area contributed by atoms with Gasteiger partial charge in [-0.3, -0.25) is 4.79 Å². The number of hydrogen-bond donors (Lipinski definition) is 0. The molecule has 0 N–H and O–H groups in total. The molecule has 0 aliphatic carbocycles.